The molecule has 9 heteroatoms. The molecule has 0 bridgehead atoms. The van der Waals surface area contributed by atoms with Crippen LogP contribution >= 0.6 is 0 Å². The number of hydrogen-bond donors (Lipinski definition) is 3. The Bertz CT molecular complexity index is 1080. The van der Waals surface area contributed by atoms with Crippen molar-refractivity contribution >= 4 is 23.2 Å². The zero-order chi connectivity index (χ0) is 22.2. The van der Waals surface area contributed by atoms with Gasteiger partial charge in [-0.1, -0.05) is 0 Å². The van der Waals surface area contributed by atoms with Crippen LogP contribution < -0.4 is 21.3 Å². The third-order valence-electron chi connectivity index (χ3n) is 6.58. The van der Waals surface area contributed by atoms with Crippen molar-refractivity contribution in [3.8, 4) is 0 Å². The normalized spacial score (nSPS) is 20.9. The van der Waals surface area contributed by atoms with Gasteiger partial charge in [-0.05, 0) is 56.1 Å². The van der Waals surface area contributed by atoms with Crippen molar-refractivity contribution in [3.05, 3.63) is 53.0 Å². The lowest BCUT2D eigenvalue weighted by Crippen LogP contribution is -2.44. The molecule has 2 aromatic rings. The number of nitrogens with two attached hydrogens (primary N) is 1. The zero-order valence-corrected chi connectivity index (χ0v) is 18.6. The topological polar surface area (TPSA) is 104 Å². The number of primary amides is 1. The third kappa shape index (κ3) is 3.84. The highest BCUT2D eigenvalue weighted by Crippen LogP contribution is 2.37. The van der Waals surface area contributed by atoms with Crippen LogP contribution in [0.25, 0.3) is 0 Å². The van der Waals surface area contributed by atoms with Crippen molar-refractivity contribution < 1.29 is 4.79 Å². The van der Waals surface area contributed by atoms with Gasteiger partial charge >= 0.3 is 0 Å². The fourth-order valence-corrected chi connectivity index (χ4v) is 4.80. The second kappa shape index (κ2) is 8.31. The number of anilines is 2. The molecule has 1 unspecified atom stereocenters. The van der Waals surface area contributed by atoms with E-state index in [0.29, 0.717) is 11.7 Å². The number of fused-ring (bicyclic) bond motifs is 3. The van der Waals surface area contributed by atoms with E-state index in [-0.39, 0.29) is 6.04 Å². The van der Waals surface area contributed by atoms with Crippen molar-refractivity contribution in [1.29, 1.82) is 0 Å². The molecule has 1 atom stereocenters. The fourth-order valence-electron chi connectivity index (χ4n) is 4.80. The van der Waals surface area contributed by atoms with Gasteiger partial charge in [0.25, 0.3) is 5.91 Å². The molecule has 1 saturated heterocycles. The number of likely N-dealkylation sites (N-methyl/N-ethyl adjacent to an activating group) is 1. The Morgan fingerprint density at radius 2 is 1.88 bits per heavy atom. The van der Waals surface area contributed by atoms with E-state index in [1.807, 2.05) is 13.2 Å². The lowest BCUT2D eigenvalue weighted by Gasteiger charge is -2.34. The highest BCUT2D eigenvalue weighted by atomic mass is 16.1. The van der Waals surface area contributed by atoms with Gasteiger partial charge in [0.2, 0.25) is 5.96 Å². The van der Waals surface area contributed by atoms with Crippen LogP contribution in [0.15, 0.2) is 41.0 Å². The predicted octanol–water partition coefficient (Wildman–Crippen LogP) is 1.60. The molecular formula is C23H30N8O. The fraction of sp³-hybridized carbons (Fsp3) is 0.435. The molecule has 32 heavy (non-hydrogen) atoms. The maximum Gasteiger partial charge on any atom is 0.269 e. The zero-order valence-electron chi connectivity index (χ0n) is 18.6. The van der Waals surface area contributed by atoms with Gasteiger partial charge in [-0.15, -0.1) is 0 Å². The number of nitrogens with zero attached hydrogens (tertiary/aromatic N) is 5. The molecule has 2 aliphatic heterocycles. The van der Waals surface area contributed by atoms with E-state index in [0.717, 1.165) is 62.4 Å². The number of rotatable bonds is 3. The van der Waals surface area contributed by atoms with Crippen LogP contribution in [0.1, 0.15) is 40.6 Å². The van der Waals surface area contributed by atoms with Gasteiger partial charge in [-0.2, -0.15) is 5.10 Å². The summed E-state index contributed by atoms with van der Waals surface area (Å²) in [4.78, 5) is 21.6. The molecule has 4 N–H and O–H groups in total. The monoisotopic (exact) mass is 434 g/mol. The summed E-state index contributed by atoms with van der Waals surface area (Å²) < 4.78 is 1.76. The minimum Gasteiger partial charge on any atom is -0.369 e. The van der Waals surface area contributed by atoms with E-state index in [1.165, 1.54) is 11.3 Å². The Kier molecular flexibility index (Phi) is 5.34. The molecule has 1 fully saturated rings. The number of hydrogen-bond acceptors (Lipinski definition) is 7. The second-order valence-electron chi connectivity index (χ2n) is 8.76. The number of carbonyl (C=O) groups excluding carboxylic acids is 1. The van der Waals surface area contributed by atoms with Gasteiger partial charge in [-0.25, -0.2) is 4.99 Å². The molecule has 1 aromatic heterocycles. The van der Waals surface area contributed by atoms with Gasteiger partial charge in [0.05, 0.1) is 5.69 Å². The Labute approximate surface area is 188 Å². The quantitative estimate of drug-likeness (QED) is 0.678. The minimum atomic E-state index is -0.481. The van der Waals surface area contributed by atoms with Crippen LogP contribution in [-0.2, 0) is 13.5 Å². The van der Waals surface area contributed by atoms with Crippen LogP contribution in [-0.4, -0.2) is 59.8 Å². The summed E-state index contributed by atoms with van der Waals surface area (Å²) in [6.45, 7) is 4.27. The predicted molar refractivity (Wildman–Crippen MR) is 126 cm³/mol. The molecule has 3 heterocycles. The van der Waals surface area contributed by atoms with Crippen LogP contribution in [0.2, 0.25) is 0 Å². The number of aliphatic imine (C=N–C) groups is 1. The molecule has 168 valence electrons. The molecule has 9 nitrogen and oxygen atoms in total. The standard InChI is InChI=1S/C23H30N8O/c1-29-10-12-31(13-11-29)17-8-6-16(7-9-17)26-23-25-14-15-4-3-5-18-20(22(24)32)28-30(2)21(18)19(15)27-23/h6-9,14,19H,3-5,10-13H2,1-2H3,(H2,24,32)(H2,25,26,27). The van der Waals surface area contributed by atoms with Gasteiger partial charge in [0.15, 0.2) is 5.69 Å². The summed E-state index contributed by atoms with van der Waals surface area (Å²) in [7, 11) is 4.02. The number of guanidine groups is 1. The lowest BCUT2D eigenvalue weighted by molar-refractivity contribution is 0.0994. The summed E-state index contributed by atoms with van der Waals surface area (Å²) in [6, 6.07) is 8.31. The Morgan fingerprint density at radius 1 is 1.12 bits per heavy atom. The maximum atomic E-state index is 11.9. The number of aromatic nitrogens is 2. The molecule has 0 radical (unpaired) electrons. The van der Waals surface area contributed by atoms with Gasteiger partial charge in [0.1, 0.15) is 6.04 Å². The van der Waals surface area contributed by atoms with E-state index >= 15 is 0 Å². The molecular weight excluding hydrogens is 404 g/mol. The summed E-state index contributed by atoms with van der Waals surface area (Å²) in [5, 5.41) is 11.1. The summed E-state index contributed by atoms with van der Waals surface area (Å²) >= 11 is 0. The van der Waals surface area contributed by atoms with E-state index in [9.17, 15) is 4.79 Å². The SMILES string of the molecule is CN1CCN(c2ccc(NC3=NC4C(=CN3)CCCc3c(C(N)=O)nn(C)c34)cc2)CC1. The number of amides is 1. The highest BCUT2D eigenvalue weighted by molar-refractivity contribution is 5.96. The van der Waals surface area contributed by atoms with Crippen LogP contribution in [0.3, 0.4) is 0 Å². The molecule has 1 aliphatic carbocycles. The van der Waals surface area contributed by atoms with Gasteiger partial charge in [0, 0.05) is 56.4 Å². The molecule has 1 amide bonds. The highest BCUT2D eigenvalue weighted by Gasteiger charge is 2.32. The second-order valence-corrected chi connectivity index (χ2v) is 8.76. The number of carbonyl (C=O) groups is 1. The Balaban J connectivity index is 1.36. The average molecular weight is 435 g/mol. The van der Waals surface area contributed by atoms with Crippen molar-refractivity contribution in [1.82, 2.24) is 20.0 Å². The molecule has 0 spiro atoms. The molecule has 3 aliphatic rings. The average Bonchev–Trinajstić information content (AvgIpc) is 3.00. The number of piperazine rings is 1. The number of aryl methyl sites for hydroxylation is 1. The molecule has 0 saturated carbocycles. The van der Waals surface area contributed by atoms with E-state index in [2.05, 4.69) is 56.8 Å². The van der Waals surface area contributed by atoms with Crippen molar-refractivity contribution in [3.63, 3.8) is 0 Å². The van der Waals surface area contributed by atoms with Crippen LogP contribution in [0, 0.1) is 0 Å². The largest absolute Gasteiger partial charge is 0.369 e. The summed E-state index contributed by atoms with van der Waals surface area (Å²) in [5.74, 6) is 0.201. The summed E-state index contributed by atoms with van der Waals surface area (Å²) in [5.41, 5.74) is 11.2. The Hall–Kier alpha value is -3.33. The minimum absolute atomic E-state index is 0.175. The molecule has 1 aromatic carbocycles. The number of nitrogens with one attached hydrogen (secondary N) is 2. The smallest absolute Gasteiger partial charge is 0.269 e. The Morgan fingerprint density at radius 3 is 2.59 bits per heavy atom. The molecule has 5 rings (SSSR count). The third-order valence-corrected chi connectivity index (χ3v) is 6.58. The first kappa shape index (κ1) is 20.6. The lowest BCUT2D eigenvalue weighted by atomic mass is 10.0. The van der Waals surface area contributed by atoms with E-state index in [4.69, 9.17) is 10.7 Å². The van der Waals surface area contributed by atoms with Gasteiger partial charge < -0.3 is 26.2 Å². The van der Waals surface area contributed by atoms with E-state index in [1.54, 1.807) is 4.68 Å². The van der Waals surface area contributed by atoms with Crippen molar-refractivity contribution in [2.75, 3.05) is 43.4 Å². The van der Waals surface area contributed by atoms with Gasteiger partial charge in [-0.3, -0.25) is 9.48 Å². The first-order valence-corrected chi connectivity index (χ1v) is 11.2. The van der Waals surface area contributed by atoms with Crippen LogP contribution in [0.4, 0.5) is 11.4 Å². The van der Waals surface area contributed by atoms with Crippen molar-refractivity contribution in [2.24, 2.45) is 17.8 Å². The maximum absolute atomic E-state index is 11.9. The first-order valence-electron chi connectivity index (χ1n) is 11.2. The van der Waals surface area contributed by atoms with E-state index < -0.39 is 5.91 Å². The first-order chi connectivity index (χ1) is 15.5. The number of benzene rings is 1. The van der Waals surface area contributed by atoms with Crippen molar-refractivity contribution in [2.45, 2.75) is 25.3 Å². The van der Waals surface area contributed by atoms with Crippen LogP contribution in [0.5, 0.6) is 0 Å². The summed E-state index contributed by atoms with van der Waals surface area (Å²) in [6.07, 6.45) is 4.67.